The maximum Gasteiger partial charge on any atom is 0.270 e. The molecule has 1 saturated carbocycles. The third-order valence-corrected chi connectivity index (χ3v) is 3.90. The normalized spacial score (nSPS) is 22.0. The monoisotopic (exact) mass is 291 g/mol. The van der Waals surface area contributed by atoms with Crippen LogP contribution in [-0.4, -0.2) is 36.2 Å². The minimum Gasteiger partial charge on any atom is -0.378 e. The predicted octanol–water partition coefficient (Wildman–Crippen LogP) is 1.80. The number of carbonyl (C=O) groups is 1. The summed E-state index contributed by atoms with van der Waals surface area (Å²) in [4.78, 5) is 16.0. The lowest BCUT2D eigenvalue weighted by atomic mass is 9.94. The Bertz CT molecular complexity index is 457. The van der Waals surface area contributed by atoms with Crippen LogP contribution in [0.25, 0.3) is 0 Å². The highest BCUT2D eigenvalue weighted by Gasteiger charge is 2.18. The van der Waals surface area contributed by atoms with Gasteiger partial charge in [-0.15, -0.1) is 0 Å². The maximum atomic E-state index is 11.9. The molecule has 0 atom stereocenters. The number of aryl methyl sites for hydroxylation is 1. The molecule has 1 fully saturated rings. The number of hydrogen-bond donors (Lipinski definition) is 2. The molecule has 3 N–H and O–H groups in total. The van der Waals surface area contributed by atoms with E-state index in [0.717, 1.165) is 37.7 Å². The van der Waals surface area contributed by atoms with Crippen LogP contribution in [0.2, 0.25) is 0 Å². The standard InChI is InChI=1S/C16H25N3O2/c1-12-4-2-9-18-15(12)16(20)19-10-3-11-21-14-7-5-13(17)6-8-14/h2,4,9,13-14H,3,5-8,10-11,17H2,1H3,(H,19,20). The topological polar surface area (TPSA) is 77.2 Å². The van der Waals surface area contributed by atoms with Gasteiger partial charge < -0.3 is 15.8 Å². The van der Waals surface area contributed by atoms with Gasteiger partial charge in [-0.2, -0.15) is 0 Å². The largest absolute Gasteiger partial charge is 0.378 e. The second-order valence-electron chi connectivity index (χ2n) is 5.69. The second kappa shape index (κ2) is 8.10. The van der Waals surface area contributed by atoms with E-state index < -0.39 is 0 Å². The molecule has 116 valence electrons. The van der Waals surface area contributed by atoms with Crippen LogP contribution < -0.4 is 11.1 Å². The molecule has 0 aliphatic heterocycles. The number of hydrogen-bond acceptors (Lipinski definition) is 4. The van der Waals surface area contributed by atoms with E-state index in [0.29, 0.717) is 31.0 Å². The first-order chi connectivity index (χ1) is 10.2. The summed E-state index contributed by atoms with van der Waals surface area (Å²) in [6.07, 6.45) is 7.03. The molecule has 0 unspecified atom stereocenters. The van der Waals surface area contributed by atoms with Gasteiger partial charge in [-0.1, -0.05) is 6.07 Å². The first kappa shape index (κ1) is 15.9. The number of rotatable bonds is 6. The maximum absolute atomic E-state index is 11.9. The number of ether oxygens (including phenoxy) is 1. The van der Waals surface area contributed by atoms with Gasteiger partial charge in [0.25, 0.3) is 5.91 Å². The summed E-state index contributed by atoms with van der Waals surface area (Å²) in [5.74, 6) is -0.114. The Morgan fingerprint density at radius 1 is 1.43 bits per heavy atom. The Labute approximate surface area is 126 Å². The van der Waals surface area contributed by atoms with E-state index in [-0.39, 0.29) is 5.91 Å². The molecule has 0 radical (unpaired) electrons. The third kappa shape index (κ3) is 5.10. The number of pyridine rings is 1. The van der Waals surface area contributed by atoms with Crippen molar-refractivity contribution < 1.29 is 9.53 Å². The van der Waals surface area contributed by atoms with Gasteiger partial charge in [0.15, 0.2) is 0 Å². The second-order valence-corrected chi connectivity index (χ2v) is 5.69. The molecular formula is C16H25N3O2. The number of aromatic nitrogens is 1. The van der Waals surface area contributed by atoms with E-state index in [9.17, 15) is 4.79 Å². The first-order valence-electron chi connectivity index (χ1n) is 7.74. The zero-order chi connectivity index (χ0) is 15.1. The molecule has 21 heavy (non-hydrogen) atoms. The highest BCUT2D eigenvalue weighted by molar-refractivity contribution is 5.93. The molecule has 1 amide bonds. The zero-order valence-corrected chi connectivity index (χ0v) is 12.7. The molecule has 1 aromatic rings. The average molecular weight is 291 g/mol. The summed E-state index contributed by atoms with van der Waals surface area (Å²) in [6, 6.07) is 4.07. The molecule has 1 aliphatic carbocycles. The van der Waals surface area contributed by atoms with Crippen molar-refractivity contribution in [3.8, 4) is 0 Å². The van der Waals surface area contributed by atoms with Crippen molar-refractivity contribution in [1.82, 2.24) is 10.3 Å². The van der Waals surface area contributed by atoms with Crippen molar-refractivity contribution >= 4 is 5.91 Å². The average Bonchev–Trinajstić information content (AvgIpc) is 2.49. The summed E-state index contributed by atoms with van der Waals surface area (Å²) >= 11 is 0. The first-order valence-corrected chi connectivity index (χ1v) is 7.74. The molecule has 1 aromatic heterocycles. The van der Waals surface area contributed by atoms with Gasteiger partial charge in [-0.05, 0) is 50.7 Å². The van der Waals surface area contributed by atoms with E-state index in [1.807, 2.05) is 19.1 Å². The Balaban J connectivity index is 1.60. The smallest absolute Gasteiger partial charge is 0.270 e. The van der Waals surface area contributed by atoms with Crippen molar-refractivity contribution in [3.63, 3.8) is 0 Å². The van der Waals surface area contributed by atoms with Gasteiger partial charge in [0.05, 0.1) is 6.10 Å². The van der Waals surface area contributed by atoms with Gasteiger partial charge in [-0.3, -0.25) is 9.78 Å². The van der Waals surface area contributed by atoms with Crippen LogP contribution in [0.3, 0.4) is 0 Å². The van der Waals surface area contributed by atoms with Crippen LogP contribution in [0, 0.1) is 6.92 Å². The highest BCUT2D eigenvalue weighted by Crippen LogP contribution is 2.19. The summed E-state index contributed by atoms with van der Waals surface area (Å²) in [6.45, 7) is 3.18. The predicted molar refractivity (Wildman–Crippen MR) is 82.1 cm³/mol. The fourth-order valence-corrected chi connectivity index (χ4v) is 2.59. The van der Waals surface area contributed by atoms with E-state index in [2.05, 4.69) is 10.3 Å². The van der Waals surface area contributed by atoms with Crippen molar-refractivity contribution in [1.29, 1.82) is 0 Å². The summed E-state index contributed by atoms with van der Waals surface area (Å²) in [5.41, 5.74) is 7.26. The van der Waals surface area contributed by atoms with E-state index in [4.69, 9.17) is 10.5 Å². The van der Waals surface area contributed by atoms with Crippen LogP contribution in [0.15, 0.2) is 18.3 Å². The Hall–Kier alpha value is -1.46. The quantitative estimate of drug-likeness (QED) is 0.783. The van der Waals surface area contributed by atoms with Crippen LogP contribution in [0.1, 0.15) is 48.2 Å². The summed E-state index contributed by atoms with van der Waals surface area (Å²) in [5, 5.41) is 2.88. The number of carbonyl (C=O) groups excluding carboxylic acids is 1. The number of nitrogens with zero attached hydrogens (tertiary/aromatic N) is 1. The molecule has 1 aliphatic rings. The van der Waals surface area contributed by atoms with Gasteiger partial charge in [0.2, 0.25) is 0 Å². The van der Waals surface area contributed by atoms with Crippen molar-refractivity contribution in [2.75, 3.05) is 13.2 Å². The minimum absolute atomic E-state index is 0.114. The number of amides is 1. The molecule has 2 rings (SSSR count). The fraction of sp³-hybridized carbons (Fsp3) is 0.625. The molecule has 0 bridgehead atoms. The van der Waals surface area contributed by atoms with Crippen molar-refractivity contribution in [3.05, 3.63) is 29.6 Å². The molecule has 0 aromatic carbocycles. The molecule has 5 heteroatoms. The molecule has 0 saturated heterocycles. The molecular weight excluding hydrogens is 266 g/mol. The third-order valence-electron chi connectivity index (χ3n) is 3.90. The lowest BCUT2D eigenvalue weighted by Crippen LogP contribution is -2.31. The van der Waals surface area contributed by atoms with Gasteiger partial charge in [0, 0.05) is 25.4 Å². The minimum atomic E-state index is -0.114. The van der Waals surface area contributed by atoms with Gasteiger partial charge in [-0.25, -0.2) is 0 Å². The number of nitrogens with two attached hydrogens (primary N) is 1. The Kier molecular flexibility index (Phi) is 6.14. The fourth-order valence-electron chi connectivity index (χ4n) is 2.59. The van der Waals surface area contributed by atoms with Gasteiger partial charge >= 0.3 is 0 Å². The van der Waals surface area contributed by atoms with Crippen LogP contribution in [-0.2, 0) is 4.74 Å². The SMILES string of the molecule is Cc1cccnc1C(=O)NCCCOC1CCC(N)CC1. The van der Waals surface area contributed by atoms with Crippen LogP contribution >= 0.6 is 0 Å². The van der Waals surface area contributed by atoms with Gasteiger partial charge in [0.1, 0.15) is 5.69 Å². The summed E-state index contributed by atoms with van der Waals surface area (Å²) in [7, 11) is 0. The summed E-state index contributed by atoms with van der Waals surface area (Å²) < 4.78 is 5.82. The van der Waals surface area contributed by atoms with Crippen LogP contribution in [0.5, 0.6) is 0 Å². The van der Waals surface area contributed by atoms with E-state index >= 15 is 0 Å². The molecule has 5 nitrogen and oxygen atoms in total. The van der Waals surface area contributed by atoms with E-state index in [1.165, 1.54) is 0 Å². The Morgan fingerprint density at radius 3 is 2.90 bits per heavy atom. The lowest BCUT2D eigenvalue weighted by molar-refractivity contribution is 0.0241. The molecule has 0 spiro atoms. The highest BCUT2D eigenvalue weighted by atomic mass is 16.5. The van der Waals surface area contributed by atoms with E-state index in [1.54, 1.807) is 6.20 Å². The van der Waals surface area contributed by atoms with Crippen molar-refractivity contribution in [2.45, 2.75) is 51.2 Å². The van der Waals surface area contributed by atoms with Crippen LogP contribution in [0.4, 0.5) is 0 Å². The molecule has 1 heterocycles. The lowest BCUT2D eigenvalue weighted by Gasteiger charge is -2.26. The Morgan fingerprint density at radius 2 is 2.19 bits per heavy atom. The number of nitrogens with one attached hydrogen (secondary N) is 1. The van der Waals surface area contributed by atoms with Crippen molar-refractivity contribution in [2.24, 2.45) is 5.73 Å². The zero-order valence-electron chi connectivity index (χ0n) is 12.7.